The van der Waals surface area contributed by atoms with Crippen LogP contribution in [0, 0.1) is 20.8 Å². The van der Waals surface area contributed by atoms with Crippen molar-refractivity contribution in [1.82, 2.24) is 19.4 Å². The summed E-state index contributed by atoms with van der Waals surface area (Å²) in [6.07, 6.45) is 4.98. The molecule has 140 valence electrons. The minimum absolute atomic E-state index is 0.829. The summed E-state index contributed by atoms with van der Waals surface area (Å²) in [5.41, 5.74) is 4.96. The third-order valence-electron chi connectivity index (χ3n) is 5.24. The standard InChI is InChI=1S/C20H29N5S/c1-15-12-17(3)18(13-16(15)2)22-20(26)25-8-5-7-24(10-11-25)14-19-21-6-9-23(19)4/h6,9,12-13H,5,7-8,10-11,14H2,1-4H3,(H,22,26). The number of aromatic nitrogens is 2. The number of thiocarbonyl (C=S) groups is 1. The van der Waals surface area contributed by atoms with E-state index in [2.05, 4.69) is 64.6 Å². The second-order valence-electron chi connectivity index (χ2n) is 7.25. The van der Waals surface area contributed by atoms with Gasteiger partial charge in [0.25, 0.3) is 0 Å². The first kappa shape index (κ1) is 18.9. The van der Waals surface area contributed by atoms with Gasteiger partial charge in [0.1, 0.15) is 5.82 Å². The molecule has 0 amide bonds. The molecule has 0 saturated carbocycles. The third-order valence-corrected chi connectivity index (χ3v) is 5.60. The number of imidazole rings is 1. The van der Waals surface area contributed by atoms with Gasteiger partial charge in [0.2, 0.25) is 0 Å². The van der Waals surface area contributed by atoms with Gasteiger partial charge in [-0.15, -0.1) is 0 Å². The summed E-state index contributed by atoms with van der Waals surface area (Å²) in [5.74, 6) is 1.12. The van der Waals surface area contributed by atoms with Crippen LogP contribution >= 0.6 is 12.2 Å². The largest absolute Gasteiger partial charge is 0.348 e. The van der Waals surface area contributed by atoms with Gasteiger partial charge >= 0.3 is 0 Å². The van der Waals surface area contributed by atoms with E-state index in [1.54, 1.807) is 0 Å². The number of hydrogen-bond donors (Lipinski definition) is 1. The normalized spacial score (nSPS) is 15.8. The van der Waals surface area contributed by atoms with Crippen LogP contribution in [0.2, 0.25) is 0 Å². The lowest BCUT2D eigenvalue weighted by Gasteiger charge is -2.25. The van der Waals surface area contributed by atoms with Crippen molar-refractivity contribution in [3.8, 4) is 0 Å². The number of hydrogen-bond acceptors (Lipinski definition) is 3. The van der Waals surface area contributed by atoms with Crippen LogP contribution in [0.25, 0.3) is 0 Å². The Morgan fingerprint density at radius 1 is 1.08 bits per heavy atom. The number of rotatable bonds is 3. The summed E-state index contributed by atoms with van der Waals surface area (Å²) in [6.45, 7) is 11.3. The van der Waals surface area contributed by atoms with E-state index in [4.69, 9.17) is 12.2 Å². The maximum Gasteiger partial charge on any atom is 0.173 e. The minimum Gasteiger partial charge on any atom is -0.348 e. The summed E-state index contributed by atoms with van der Waals surface area (Å²) in [5, 5.41) is 4.30. The Balaban J connectivity index is 1.59. The molecule has 0 atom stereocenters. The van der Waals surface area contributed by atoms with Crippen molar-refractivity contribution in [1.29, 1.82) is 0 Å². The van der Waals surface area contributed by atoms with E-state index in [-0.39, 0.29) is 0 Å². The first-order valence-corrected chi connectivity index (χ1v) is 9.67. The molecule has 0 unspecified atom stereocenters. The molecule has 0 radical (unpaired) electrons. The van der Waals surface area contributed by atoms with Crippen molar-refractivity contribution in [2.75, 3.05) is 31.5 Å². The van der Waals surface area contributed by atoms with Crippen LogP contribution in [-0.4, -0.2) is 50.6 Å². The zero-order valence-corrected chi connectivity index (χ0v) is 17.1. The van der Waals surface area contributed by atoms with E-state index in [0.29, 0.717) is 0 Å². The highest BCUT2D eigenvalue weighted by molar-refractivity contribution is 7.80. The van der Waals surface area contributed by atoms with Crippen LogP contribution in [0.15, 0.2) is 24.5 Å². The number of nitrogens with zero attached hydrogens (tertiary/aromatic N) is 4. The van der Waals surface area contributed by atoms with Gasteiger partial charge < -0.3 is 14.8 Å². The van der Waals surface area contributed by atoms with Gasteiger partial charge in [0, 0.05) is 51.3 Å². The predicted molar refractivity (Wildman–Crippen MR) is 112 cm³/mol. The van der Waals surface area contributed by atoms with Crippen LogP contribution < -0.4 is 5.32 Å². The van der Waals surface area contributed by atoms with Gasteiger partial charge in [0.15, 0.2) is 5.11 Å². The average molecular weight is 372 g/mol. The Morgan fingerprint density at radius 3 is 2.58 bits per heavy atom. The SMILES string of the molecule is Cc1cc(C)c(NC(=S)N2CCCN(Cc3nccn3C)CC2)cc1C. The lowest BCUT2D eigenvalue weighted by Crippen LogP contribution is -2.38. The average Bonchev–Trinajstić information content (AvgIpc) is 2.85. The van der Waals surface area contributed by atoms with Crippen molar-refractivity contribution in [3.63, 3.8) is 0 Å². The molecule has 0 aliphatic carbocycles. The summed E-state index contributed by atoms with van der Waals surface area (Å²) in [6, 6.07) is 4.42. The van der Waals surface area contributed by atoms with Crippen LogP contribution in [-0.2, 0) is 13.6 Å². The molecule has 2 heterocycles. The van der Waals surface area contributed by atoms with Crippen molar-refractivity contribution in [2.24, 2.45) is 7.05 Å². The van der Waals surface area contributed by atoms with Crippen molar-refractivity contribution >= 4 is 23.0 Å². The monoisotopic (exact) mass is 371 g/mol. The zero-order valence-electron chi connectivity index (χ0n) is 16.2. The summed E-state index contributed by atoms with van der Waals surface area (Å²) < 4.78 is 2.09. The number of nitrogens with one attached hydrogen (secondary N) is 1. The van der Waals surface area contributed by atoms with Gasteiger partial charge in [-0.05, 0) is 62.2 Å². The van der Waals surface area contributed by atoms with Crippen LogP contribution in [0.3, 0.4) is 0 Å². The van der Waals surface area contributed by atoms with Crippen molar-refractivity contribution < 1.29 is 0 Å². The van der Waals surface area contributed by atoms with E-state index in [1.165, 1.54) is 16.7 Å². The Bertz CT molecular complexity index is 783. The van der Waals surface area contributed by atoms with Crippen LogP contribution in [0.4, 0.5) is 5.69 Å². The zero-order chi connectivity index (χ0) is 18.7. The Morgan fingerprint density at radius 2 is 1.85 bits per heavy atom. The molecule has 1 saturated heterocycles. The fourth-order valence-corrected chi connectivity index (χ4v) is 3.66. The Kier molecular flexibility index (Phi) is 5.94. The molecule has 5 nitrogen and oxygen atoms in total. The highest BCUT2D eigenvalue weighted by Crippen LogP contribution is 2.21. The molecule has 1 aliphatic heterocycles. The number of aryl methyl sites for hydroxylation is 4. The molecule has 1 aromatic heterocycles. The fraction of sp³-hybridized carbons (Fsp3) is 0.500. The number of benzene rings is 1. The molecule has 0 bridgehead atoms. The van der Waals surface area contributed by atoms with Crippen molar-refractivity contribution in [3.05, 3.63) is 47.0 Å². The minimum atomic E-state index is 0.829. The lowest BCUT2D eigenvalue weighted by atomic mass is 10.1. The van der Waals surface area contributed by atoms with E-state index in [1.807, 2.05) is 12.4 Å². The molecule has 1 N–H and O–H groups in total. The molecule has 2 aromatic rings. The summed E-state index contributed by atoms with van der Waals surface area (Å²) in [4.78, 5) is 9.20. The summed E-state index contributed by atoms with van der Waals surface area (Å²) >= 11 is 5.71. The highest BCUT2D eigenvalue weighted by atomic mass is 32.1. The molecule has 1 aliphatic rings. The second kappa shape index (κ2) is 8.18. The molecule has 0 spiro atoms. The van der Waals surface area contributed by atoms with Gasteiger partial charge in [-0.3, -0.25) is 4.90 Å². The molecular formula is C20H29N5S. The van der Waals surface area contributed by atoms with Gasteiger partial charge in [0.05, 0.1) is 6.54 Å². The quantitative estimate of drug-likeness (QED) is 0.838. The molecule has 1 fully saturated rings. The van der Waals surface area contributed by atoms with E-state index >= 15 is 0 Å². The molecule has 3 rings (SSSR count). The maximum absolute atomic E-state index is 5.71. The topological polar surface area (TPSA) is 36.3 Å². The second-order valence-corrected chi connectivity index (χ2v) is 7.64. The maximum atomic E-state index is 5.71. The third kappa shape index (κ3) is 4.43. The fourth-order valence-electron chi connectivity index (χ4n) is 3.37. The predicted octanol–water partition coefficient (Wildman–Crippen LogP) is 3.25. The molecule has 6 heteroatoms. The lowest BCUT2D eigenvalue weighted by molar-refractivity contribution is 0.269. The Labute approximate surface area is 162 Å². The first-order chi connectivity index (χ1) is 12.4. The number of anilines is 1. The first-order valence-electron chi connectivity index (χ1n) is 9.26. The smallest absolute Gasteiger partial charge is 0.173 e. The Hall–Kier alpha value is -1.92. The molecule has 26 heavy (non-hydrogen) atoms. The van der Waals surface area contributed by atoms with Crippen LogP contribution in [0.5, 0.6) is 0 Å². The van der Waals surface area contributed by atoms with E-state index in [0.717, 1.165) is 55.8 Å². The molecule has 1 aromatic carbocycles. The van der Waals surface area contributed by atoms with Gasteiger partial charge in [-0.2, -0.15) is 0 Å². The molecular weight excluding hydrogens is 342 g/mol. The van der Waals surface area contributed by atoms with Crippen molar-refractivity contribution in [2.45, 2.75) is 33.7 Å². The highest BCUT2D eigenvalue weighted by Gasteiger charge is 2.18. The van der Waals surface area contributed by atoms with E-state index < -0.39 is 0 Å². The van der Waals surface area contributed by atoms with Gasteiger partial charge in [-0.1, -0.05) is 6.07 Å². The summed E-state index contributed by atoms with van der Waals surface area (Å²) in [7, 11) is 2.05. The van der Waals surface area contributed by atoms with Gasteiger partial charge in [-0.25, -0.2) is 4.98 Å². The van der Waals surface area contributed by atoms with Crippen LogP contribution in [0.1, 0.15) is 28.9 Å². The van der Waals surface area contributed by atoms with E-state index in [9.17, 15) is 0 Å².